The Balaban J connectivity index is 1.56. The molecule has 0 bridgehead atoms. The maximum Gasteiger partial charge on any atom is 0.133 e. The summed E-state index contributed by atoms with van der Waals surface area (Å²) in [5.41, 5.74) is 0. The first-order valence-corrected chi connectivity index (χ1v) is 7.63. The predicted molar refractivity (Wildman–Crippen MR) is 80.8 cm³/mol. The molecule has 2 saturated carbocycles. The van der Waals surface area contributed by atoms with Gasteiger partial charge in [-0.25, -0.2) is 4.98 Å². The van der Waals surface area contributed by atoms with E-state index in [0.29, 0.717) is 5.75 Å². The van der Waals surface area contributed by atoms with Gasteiger partial charge in [0.25, 0.3) is 0 Å². The van der Waals surface area contributed by atoms with Crippen molar-refractivity contribution >= 4 is 16.6 Å². The van der Waals surface area contributed by atoms with Crippen molar-refractivity contribution in [3.63, 3.8) is 0 Å². The molecule has 4 rings (SSSR count). The molecule has 3 heteroatoms. The van der Waals surface area contributed by atoms with Gasteiger partial charge in [0, 0.05) is 18.1 Å². The van der Waals surface area contributed by atoms with Crippen LogP contribution >= 0.6 is 0 Å². The lowest BCUT2D eigenvalue weighted by Gasteiger charge is -2.17. The summed E-state index contributed by atoms with van der Waals surface area (Å²) in [5.74, 6) is 3.92. The summed E-state index contributed by atoms with van der Waals surface area (Å²) in [4.78, 5) is 4.46. The second-order valence-corrected chi connectivity index (χ2v) is 6.28. The first-order chi connectivity index (χ1) is 9.81. The molecule has 3 nitrogen and oxygen atoms in total. The molecule has 0 amide bonds. The fourth-order valence-electron chi connectivity index (χ4n) is 3.28. The quantitative estimate of drug-likeness (QED) is 0.867. The van der Waals surface area contributed by atoms with Gasteiger partial charge in [-0.3, -0.25) is 0 Å². The van der Waals surface area contributed by atoms with Crippen LogP contribution in [-0.4, -0.2) is 16.6 Å². The first kappa shape index (κ1) is 12.0. The van der Waals surface area contributed by atoms with Crippen LogP contribution in [0.3, 0.4) is 0 Å². The van der Waals surface area contributed by atoms with Crippen molar-refractivity contribution in [1.29, 1.82) is 0 Å². The Morgan fingerprint density at radius 2 is 1.90 bits per heavy atom. The number of pyridine rings is 1. The minimum Gasteiger partial charge on any atom is -0.508 e. The second kappa shape index (κ2) is 4.65. The fourth-order valence-corrected chi connectivity index (χ4v) is 3.28. The van der Waals surface area contributed by atoms with Gasteiger partial charge in [-0.1, -0.05) is 6.07 Å². The van der Waals surface area contributed by atoms with Crippen molar-refractivity contribution in [3.8, 4) is 5.75 Å². The first-order valence-electron chi connectivity index (χ1n) is 7.63. The van der Waals surface area contributed by atoms with E-state index in [1.54, 1.807) is 12.1 Å². The highest BCUT2D eigenvalue weighted by Gasteiger charge is 2.41. The zero-order chi connectivity index (χ0) is 13.5. The highest BCUT2D eigenvalue weighted by atomic mass is 16.3. The Hall–Kier alpha value is -1.77. The van der Waals surface area contributed by atoms with E-state index in [9.17, 15) is 5.11 Å². The van der Waals surface area contributed by atoms with Gasteiger partial charge in [0.05, 0.1) is 0 Å². The normalized spacial score (nSPS) is 18.6. The van der Waals surface area contributed by atoms with Crippen LogP contribution in [0.2, 0.25) is 0 Å². The predicted octanol–water partition coefficient (Wildman–Crippen LogP) is 3.79. The lowest BCUT2D eigenvalue weighted by molar-refractivity contribution is 0.428. The molecule has 0 radical (unpaired) electrons. The Kier molecular flexibility index (Phi) is 2.79. The third kappa shape index (κ3) is 2.33. The minimum absolute atomic E-state index is 0.300. The molecule has 0 unspecified atom stereocenters. The number of rotatable bonds is 5. The summed E-state index contributed by atoms with van der Waals surface area (Å²) in [5, 5.41) is 15.3. The average Bonchev–Trinajstić information content (AvgIpc) is 3.33. The monoisotopic (exact) mass is 268 g/mol. The largest absolute Gasteiger partial charge is 0.508 e. The zero-order valence-electron chi connectivity index (χ0n) is 11.5. The van der Waals surface area contributed by atoms with Gasteiger partial charge >= 0.3 is 0 Å². The summed E-state index contributed by atoms with van der Waals surface area (Å²) in [6.07, 6.45) is 7.48. The fraction of sp³-hybridized carbons (Fsp3) is 0.471. The number of anilines is 1. The molecule has 2 aliphatic carbocycles. The third-order valence-electron chi connectivity index (χ3n) is 4.71. The molecule has 2 aromatic rings. The summed E-state index contributed by atoms with van der Waals surface area (Å²) >= 11 is 0. The number of fused-ring (bicyclic) bond motifs is 1. The standard InChI is InChI=1S/C17H20N2O/c20-14-6-5-13-7-8-18-17(15(13)9-14)19-10-16(11-1-2-11)12-3-4-12/h5-9,11-12,16,20H,1-4,10H2,(H,18,19). The van der Waals surface area contributed by atoms with E-state index in [0.717, 1.165) is 40.9 Å². The van der Waals surface area contributed by atoms with Crippen LogP contribution < -0.4 is 5.32 Å². The minimum atomic E-state index is 0.300. The molecule has 1 aromatic heterocycles. The molecule has 1 heterocycles. The van der Waals surface area contributed by atoms with Crippen LogP contribution in [0.25, 0.3) is 10.8 Å². The summed E-state index contributed by atoms with van der Waals surface area (Å²) in [7, 11) is 0. The lowest BCUT2D eigenvalue weighted by Crippen LogP contribution is -2.18. The van der Waals surface area contributed by atoms with Gasteiger partial charge in [-0.15, -0.1) is 0 Å². The molecule has 0 atom stereocenters. The number of aromatic nitrogens is 1. The van der Waals surface area contributed by atoms with Gasteiger partial charge in [-0.05, 0) is 67.0 Å². The average molecular weight is 268 g/mol. The number of hydrogen-bond acceptors (Lipinski definition) is 3. The van der Waals surface area contributed by atoms with Crippen molar-refractivity contribution < 1.29 is 5.11 Å². The molecule has 2 aliphatic rings. The molecule has 104 valence electrons. The number of hydrogen-bond donors (Lipinski definition) is 2. The summed E-state index contributed by atoms with van der Waals surface area (Å²) in [6.45, 7) is 1.02. The number of phenols is 1. The van der Waals surface area contributed by atoms with Crippen molar-refractivity contribution in [2.24, 2.45) is 17.8 Å². The molecule has 2 fully saturated rings. The smallest absolute Gasteiger partial charge is 0.133 e. The van der Waals surface area contributed by atoms with Crippen molar-refractivity contribution in [2.45, 2.75) is 25.7 Å². The Morgan fingerprint density at radius 1 is 1.15 bits per heavy atom. The lowest BCUT2D eigenvalue weighted by atomic mass is 9.98. The summed E-state index contributed by atoms with van der Waals surface area (Å²) < 4.78 is 0. The molecule has 0 aliphatic heterocycles. The van der Waals surface area contributed by atoms with Crippen molar-refractivity contribution in [1.82, 2.24) is 4.98 Å². The number of nitrogens with one attached hydrogen (secondary N) is 1. The van der Waals surface area contributed by atoms with E-state index in [1.807, 2.05) is 18.3 Å². The highest BCUT2D eigenvalue weighted by molar-refractivity contribution is 5.92. The molecule has 20 heavy (non-hydrogen) atoms. The Bertz CT molecular complexity index is 620. The van der Waals surface area contributed by atoms with Crippen LogP contribution in [0.1, 0.15) is 25.7 Å². The van der Waals surface area contributed by atoms with Crippen molar-refractivity contribution in [2.75, 3.05) is 11.9 Å². The molecular formula is C17H20N2O. The molecule has 0 saturated heterocycles. The van der Waals surface area contributed by atoms with E-state index in [1.165, 1.54) is 25.7 Å². The third-order valence-corrected chi connectivity index (χ3v) is 4.71. The topological polar surface area (TPSA) is 45.2 Å². The number of nitrogens with zero attached hydrogens (tertiary/aromatic N) is 1. The van der Waals surface area contributed by atoms with Crippen LogP contribution in [0.4, 0.5) is 5.82 Å². The zero-order valence-corrected chi connectivity index (χ0v) is 11.5. The van der Waals surface area contributed by atoms with E-state index in [4.69, 9.17) is 0 Å². The molecule has 0 spiro atoms. The highest BCUT2D eigenvalue weighted by Crippen LogP contribution is 2.49. The second-order valence-electron chi connectivity index (χ2n) is 6.28. The van der Waals surface area contributed by atoms with Gasteiger partial charge in [0.1, 0.15) is 11.6 Å². The van der Waals surface area contributed by atoms with Gasteiger partial charge in [0.15, 0.2) is 0 Å². The van der Waals surface area contributed by atoms with Crippen LogP contribution in [0.15, 0.2) is 30.5 Å². The van der Waals surface area contributed by atoms with E-state index < -0.39 is 0 Å². The van der Waals surface area contributed by atoms with Gasteiger partial charge < -0.3 is 10.4 Å². The maximum atomic E-state index is 9.67. The molecular weight excluding hydrogens is 248 g/mol. The summed E-state index contributed by atoms with van der Waals surface area (Å²) in [6, 6.07) is 7.45. The van der Waals surface area contributed by atoms with E-state index >= 15 is 0 Å². The molecule has 2 N–H and O–H groups in total. The number of phenolic OH excluding ortho intramolecular Hbond substituents is 1. The number of benzene rings is 1. The van der Waals surface area contributed by atoms with Crippen molar-refractivity contribution in [3.05, 3.63) is 30.5 Å². The van der Waals surface area contributed by atoms with Crippen LogP contribution in [0, 0.1) is 17.8 Å². The SMILES string of the molecule is Oc1ccc2ccnc(NCC(C3CC3)C3CC3)c2c1. The van der Waals surface area contributed by atoms with E-state index in [-0.39, 0.29) is 0 Å². The Morgan fingerprint density at radius 3 is 2.60 bits per heavy atom. The maximum absolute atomic E-state index is 9.67. The number of aromatic hydroxyl groups is 1. The van der Waals surface area contributed by atoms with Gasteiger partial charge in [0.2, 0.25) is 0 Å². The van der Waals surface area contributed by atoms with Crippen LogP contribution in [-0.2, 0) is 0 Å². The molecule has 1 aromatic carbocycles. The Labute approximate surface area is 119 Å². The van der Waals surface area contributed by atoms with E-state index in [2.05, 4.69) is 10.3 Å². The van der Waals surface area contributed by atoms with Crippen LogP contribution in [0.5, 0.6) is 5.75 Å². The van der Waals surface area contributed by atoms with Gasteiger partial charge in [-0.2, -0.15) is 0 Å².